The highest BCUT2D eigenvalue weighted by molar-refractivity contribution is 7.89. The topological polar surface area (TPSA) is 123 Å². The van der Waals surface area contributed by atoms with Crippen LogP contribution < -0.4 is 10.4 Å². The fourth-order valence-corrected chi connectivity index (χ4v) is 5.34. The fraction of sp³-hybridized carbons (Fsp3) is 0.692. The fourth-order valence-electron chi connectivity index (χ4n) is 3.25. The van der Waals surface area contributed by atoms with Crippen molar-refractivity contribution in [2.24, 2.45) is 5.92 Å². The van der Waals surface area contributed by atoms with Crippen molar-refractivity contribution < 1.29 is 32.0 Å². The monoisotopic (exact) mass is 575 g/mol. The summed E-state index contributed by atoms with van der Waals surface area (Å²) in [6, 6.07) is 6.11. The van der Waals surface area contributed by atoms with Crippen molar-refractivity contribution in [3.05, 3.63) is 24.3 Å². The molecule has 1 atom stereocenters. The molecule has 2 N–H and O–H groups in total. The average molecular weight is 576 g/mol. The zero-order chi connectivity index (χ0) is 29.0. The third-order valence-corrected chi connectivity index (χ3v) is 7.27. The minimum Gasteiger partial charge on any atom is -0.444 e. The predicted molar refractivity (Wildman–Crippen MR) is 152 cm³/mol. The van der Waals surface area contributed by atoms with Gasteiger partial charge in [0.05, 0.1) is 11.5 Å². The van der Waals surface area contributed by atoms with E-state index in [1.54, 1.807) is 53.7 Å². The van der Waals surface area contributed by atoms with Crippen LogP contribution in [0.5, 0.6) is 0 Å². The second kappa shape index (κ2) is 15.6. The summed E-state index contributed by atoms with van der Waals surface area (Å²) >= 11 is 0. The molecule has 0 heterocycles. The van der Waals surface area contributed by atoms with Crippen molar-refractivity contribution in [2.75, 3.05) is 25.0 Å². The molecule has 1 unspecified atom stereocenters. The van der Waals surface area contributed by atoms with Gasteiger partial charge in [0.1, 0.15) is 20.2 Å². The number of hydrogen-bond acceptors (Lipinski definition) is 7. The lowest BCUT2D eigenvalue weighted by Gasteiger charge is -2.24. The summed E-state index contributed by atoms with van der Waals surface area (Å²) < 4.78 is 44.0. The average Bonchev–Trinajstić information content (AvgIpc) is 2.74. The third kappa shape index (κ3) is 14.9. The van der Waals surface area contributed by atoms with Crippen LogP contribution in [-0.4, -0.2) is 55.8 Å². The van der Waals surface area contributed by atoms with Crippen molar-refractivity contribution in [3.63, 3.8) is 0 Å². The van der Waals surface area contributed by atoms with E-state index in [9.17, 15) is 18.0 Å². The minimum atomic E-state index is -3.68. The van der Waals surface area contributed by atoms with Gasteiger partial charge in [-0.1, -0.05) is 26.7 Å². The quantitative estimate of drug-likeness (QED) is 0.197. The Bertz CT molecular complexity index is 972. The number of anilines is 1. The molecule has 0 aliphatic rings. The Hall–Kier alpha value is -1.94. The van der Waals surface area contributed by atoms with Crippen LogP contribution in [-0.2, 0) is 24.0 Å². The van der Waals surface area contributed by atoms with Gasteiger partial charge in [-0.3, -0.25) is 10.4 Å². The second-order valence-electron chi connectivity index (χ2n) is 11.4. The third-order valence-electron chi connectivity index (χ3n) is 4.73. The Morgan fingerprint density at radius 1 is 0.895 bits per heavy atom. The van der Waals surface area contributed by atoms with E-state index < -0.39 is 33.4 Å². The number of unbranched alkanes of at least 4 members (excludes halogenated alkanes) is 3. The summed E-state index contributed by atoms with van der Waals surface area (Å²) in [5.74, 6) is 0.171. The normalized spacial score (nSPS) is 12.8. The molecule has 0 aliphatic carbocycles. The maximum Gasteiger partial charge on any atom is 0.412 e. The first-order valence-corrected chi connectivity index (χ1v) is 15.3. The Balaban J connectivity index is 2.51. The zero-order valence-electron chi connectivity index (χ0n) is 24.0. The molecular weight excluding hydrogens is 529 g/mol. The highest BCUT2D eigenvalue weighted by atomic mass is 32.2. The van der Waals surface area contributed by atoms with E-state index in [0.29, 0.717) is 25.4 Å². The molecule has 0 saturated heterocycles. The molecule has 10 nitrogen and oxygen atoms in total. The Labute approximate surface area is 230 Å². The van der Waals surface area contributed by atoms with Crippen LogP contribution in [0, 0.1) is 5.92 Å². The van der Waals surface area contributed by atoms with Crippen LogP contribution in [0.2, 0.25) is 0 Å². The summed E-state index contributed by atoms with van der Waals surface area (Å²) in [5.41, 5.74) is -0.719. The number of benzene rings is 1. The lowest BCUT2D eigenvalue weighted by Crippen LogP contribution is -2.35. The summed E-state index contributed by atoms with van der Waals surface area (Å²) in [6.07, 6.45) is 2.18. The molecule has 0 aromatic heterocycles. The lowest BCUT2D eigenvalue weighted by molar-refractivity contribution is 0.0566. The van der Waals surface area contributed by atoms with Crippen molar-refractivity contribution in [1.29, 1.82) is 0 Å². The molecule has 1 aromatic rings. The van der Waals surface area contributed by atoms with Gasteiger partial charge in [-0.2, -0.15) is 4.31 Å². The highest BCUT2D eigenvalue weighted by Gasteiger charge is 2.25. The minimum absolute atomic E-state index is 0.168. The number of carbonyl (C=O) groups is 2. The van der Waals surface area contributed by atoms with Gasteiger partial charge < -0.3 is 14.0 Å². The van der Waals surface area contributed by atoms with E-state index in [1.165, 1.54) is 16.4 Å². The molecule has 0 bridgehead atoms. The molecular formula is C26H46N3O7PS. The van der Waals surface area contributed by atoms with E-state index >= 15 is 0 Å². The second-order valence-corrected chi connectivity index (χ2v) is 14.1. The Morgan fingerprint density at radius 2 is 1.45 bits per heavy atom. The number of nitrogens with zero attached hydrogens (tertiary/aromatic N) is 1. The number of amides is 2. The van der Waals surface area contributed by atoms with Gasteiger partial charge in [-0.05, 0) is 84.6 Å². The molecule has 0 fully saturated rings. The molecule has 0 spiro atoms. The van der Waals surface area contributed by atoms with Gasteiger partial charge in [0, 0.05) is 18.8 Å². The molecule has 12 heteroatoms. The number of sulfonamides is 1. The van der Waals surface area contributed by atoms with Crippen LogP contribution in [0.15, 0.2) is 29.2 Å². The van der Waals surface area contributed by atoms with Crippen molar-refractivity contribution in [3.8, 4) is 0 Å². The van der Waals surface area contributed by atoms with Gasteiger partial charge >= 0.3 is 12.2 Å². The van der Waals surface area contributed by atoms with Gasteiger partial charge in [0.15, 0.2) is 0 Å². The smallest absolute Gasteiger partial charge is 0.412 e. The maximum absolute atomic E-state index is 13.3. The first-order chi connectivity index (χ1) is 17.5. The van der Waals surface area contributed by atoms with Crippen molar-refractivity contribution >= 4 is 36.9 Å². The summed E-state index contributed by atoms with van der Waals surface area (Å²) in [4.78, 5) is 23.7. The summed E-state index contributed by atoms with van der Waals surface area (Å²) in [7, 11) is -3.85. The highest BCUT2D eigenvalue weighted by Crippen LogP contribution is 2.21. The lowest BCUT2D eigenvalue weighted by atomic mass is 10.2. The number of rotatable bonds is 14. The standard InChI is InChI=1S/C26H46N3O7PS/c1-20(2)19-29(17-11-9-10-12-18-34-37-28-24(31)36-26(6,7)8)38(32,33)22-15-13-21(14-16-22)27-23(30)35-25(3,4)5/h13-16,20,37H,9-12,17-19H2,1-8H3,(H,27,30)(H,28,31). The Morgan fingerprint density at radius 3 is 2.00 bits per heavy atom. The van der Waals surface area contributed by atoms with Crippen LogP contribution in [0.1, 0.15) is 81.1 Å². The number of ether oxygens (including phenoxy) is 2. The first kappa shape index (κ1) is 34.1. The van der Waals surface area contributed by atoms with Crippen LogP contribution >= 0.6 is 8.96 Å². The van der Waals surface area contributed by atoms with Gasteiger partial charge in [0.25, 0.3) is 0 Å². The van der Waals surface area contributed by atoms with Gasteiger partial charge in [-0.15, -0.1) is 0 Å². The predicted octanol–water partition coefficient (Wildman–Crippen LogP) is 6.29. The van der Waals surface area contributed by atoms with Crippen LogP contribution in [0.25, 0.3) is 0 Å². The van der Waals surface area contributed by atoms with Gasteiger partial charge in [0.2, 0.25) is 10.0 Å². The molecule has 0 saturated carbocycles. The molecule has 0 radical (unpaired) electrons. The van der Waals surface area contributed by atoms with Crippen molar-refractivity contribution in [1.82, 2.24) is 9.39 Å². The molecule has 0 aliphatic heterocycles. The zero-order valence-corrected chi connectivity index (χ0v) is 25.9. The molecule has 2 amide bonds. The first-order valence-electron chi connectivity index (χ1n) is 13.0. The van der Waals surface area contributed by atoms with Gasteiger partial charge in [-0.25, -0.2) is 18.0 Å². The maximum atomic E-state index is 13.3. The van der Waals surface area contributed by atoms with E-state index in [1.807, 2.05) is 13.8 Å². The molecule has 38 heavy (non-hydrogen) atoms. The SMILES string of the molecule is CC(C)CN(CCCCCCOPNC(=O)OC(C)(C)C)S(=O)(=O)c1ccc(NC(=O)OC(C)(C)C)cc1. The number of hydrogen-bond donors (Lipinski definition) is 2. The van der Waals surface area contributed by atoms with Crippen LogP contribution in [0.4, 0.5) is 15.3 Å². The summed E-state index contributed by atoms with van der Waals surface area (Å²) in [6.45, 7) is 16.0. The molecule has 1 rings (SSSR count). The number of nitrogens with one attached hydrogen (secondary N) is 2. The van der Waals surface area contributed by atoms with E-state index in [0.717, 1.165) is 25.7 Å². The van der Waals surface area contributed by atoms with Crippen LogP contribution in [0.3, 0.4) is 0 Å². The summed E-state index contributed by atoms with van der Waals surface area (Å²) in [5, 5.41) is 5.19. The molecule has 218 valence electrons. The van der Waals surface area contributed by atoms with E-state index in [2.05, 4.69) is 10.4 Å². The molecule has 1 aromatic carbocycles. The largest absolute Gasteiger partial charge is 0.444 e. The van der Waals surface area contributed by atoms with Crippen molar-refractivity contribution in [2.45, 2.75) is 97.2 Å². The Kier molecular flexibility index (Phi) is 14.0. The van der Waals surface area contributed by atoms with E-state index in [-0.39, 0.29) is 19.8 Å². The number of carbonyl (C=O) groups excluding carboxylic acids is 2. The van der Waals surface area contributed by atoms with E-state index in [4.69, 9.17) is 14.0 Å².